The molecule has 140 valence electrons. The number of halogens is 2. The molecule has 4 N–H and O–H groups in total. The molecular formula is C20H16F2N6. The van der Waals surface area contributed by atoms with E-state index in [0.29, 0.717) is 28.3 Å². The zero-order valence-electron chi connectivity index (χ0n) is 14.7. The second kappa shape index (κ2) is 6.07. The molecule has 1 fully saturated rings. The van der Waals surface area contributed by atoms with Crippen LogP contribution in [0.25, 0.3) is 34.4 Å². The number of rotatable bonds is 4. The maximum Gasteiger partial charge on any atom is 0.181 e. The summed E-state index contributed by atoms with van der Waals surface area (Å²) in [6.45, 7) is 0. The van der Waals surface area contributed by atoms with Crippen LogP contribution in [0.1, 0.15) is 29.9 Å². The lowest BCUT2D eigenvalue weighted by molar-refractivity contribution is 0.627. The number of nitrogens with one attached hydrogen (secondary N) is 2. The SMILES string of the molecule is NC1(c2nc(-c3cc(F)c4n[nH]c(C=Cc5ccc(F)cc5)c4c3)n[nH]2)CC1. The third-order valence-corrected chi connectivity index (χ3v) is 4.96. The normalized spacial score (nSPS) is 15.5. The molecule has 0 amide bonds. The summed E-state index contributed by atoms with van der Waals surface area (Å²) < 4.78 is 27.6. The number of hydrogen-bond donors (Lipinski definition) is 3. The standard InChI is InChI=1S/C20H16F2N6/c21-13-4-1-11(2-5-13)3-6-16-14-9-12(10-15(22)17(14)26-25-16)18-24-19(28-27-18)20(23)7-8-20/h1-6,9-10H,7-8,23H2,(H,25,26)(H,24,27,28). The molecule has 4 aromatic rings. The van der Waals surface area contributed by atoms with Crippen molar-refractivity contribution in [2.24, 2.45) is 5.73 Å². The van der Waals surface area contributed by atoms with Gasteiger partial charge in [0.15, 0.2) is 11.6 Å². The summed E-state index contributed by atoms with van der Waals surface area (Å²) in [5.41, 5.74) is 7.92. The Kier molecular flexibility index (Phi) is 3.63. The number of nitrogens with two attached hydrogens (primary N) is 1. The number of nitrogens with zero attached hydrogens (tertiary/aromatic N) is 3. The van der Waals surface area contributed by atoms with Gasteiger partial charge in [-0.15, -0.1) is 0 Å². The number of aromatic nitrogens is 5. The van der Waals surface area contributed by atoms with Crippen molar-refractivity contribution in [2.45, 2.75) is 18.4 Å². The van der Waals surface area contributed by atoms with Crippen molar-refractivity contribution in [3.05, 3.63) is 65.1 Å². The Balaban J connectivity index is 1.53. The average Bonchev–Trinajstić information content (AvgIpc) is 3.11. The molecule has 1 saturated carbocycles. The van der Waals surface area contributed by atoms with Crippen molar-refractivity contribution in [1.29, 1.82) is 0 Å². The predicted molar refractivity (Wildman–Crippen MR) is 102 cm³/mol. The minimum absolute atomic E-state index is 0.232. The summed E-state index contributed by atoms with van der Waals surface area (Å²) in [4.78, 5) is 4.44. The molecule has 0 saturated heterocycles. The van der Waals surface area contributed by atoms with E-state index in [0.717, 1.165) is 18.4 Å². The van der Waals surface area contributed by atoms with Crippen molar-refractivity contribution >= 4 is 23.1 Å². The maximum atomic E-state index is 14.6. The van der Waals surface area contributed by atoms with Crippen LogP contribution in [-0.4, -0.2) is 25.4 Å². The van der Waals surface area contributed by atoms with Gasteiger partial charge in [0.1, 0.15) is 17.2 Å². The van der Waals surface area contributed by atoms with Gasteiger partial charge < -0.3 is 5.73 Å². The van der Waals surface area contributed by atoms with Gasteiger partial charge in [0.05, 0.1) is 11.2 Å². The van der Waals surface area contributed by atoms with Crippen LogP contribution < -0.4 is 5.73 Å². The van der Waals surface area contributed by atoms with Crippen LogP contribution in [0, 0.1) is 11.6 Å². The van der Waals surface area contributed by atoms with Crippen molar-refractivity contribution in [2.75, 3.05) is 0 Å². The molecule has 6 nitrogen and oxygen atoms in total. The van der Waals surface area contributed by atoms with Crippen LogP contribution in [-0.2, 0) is 5.54 Å². The third kappa shape index (κ3) is 2.87. The molecule has 2 heterocycles. The van der Waals surface area contributed by atoms with Gasteiger partial charge in [0, 0.05) is 10.9 Å². The van der Waals surface area contributed by atoms with Crippen LogP contribution in [0.15, 0.2) is 36.4 Å². The van der Waals surface area contributed by atoms with E-state index in [4.69, 9.17) is 5.73 Å². The number of fused-ring (bicyclic) bond motifs is 1. The van der Waals surface area contributed by atoms with Gasteiger partial charge >= 0.3 is 0 Å². The first kappa shape index (κ1) is 16.8. The minimum Gasteiger partial charge on any atom is -0.319 e. The van der Waals surface area contributed by atoms with E-state index < -0.39 is 11.4 Å². The van der Waals surface area contributed by atoms with Crippen molar-refractivity contribution in [3.8, 4) is 11.4 Å². The Bertz CT molecular complexity index is 1200. The van der Waals surface area contributed by atoms with Gasteiger partial charge in [-0.1, -0.05) is 18.2 Å². The average molecular weight is 378 g/mol. The van der Waals surface area contributed by atoms with Gasteiger partial charge in [-0.2, -0.15) is 10.2 Å². The van der Waals surface area contributed by atoms with Gasteiger partial charge in [0.25, 0.3) is 0 Å². The Morgan fingerprint density at radius 3 is 2.54 bits per heavy atom. The summed E-state index contributed by atoms with van der Waals surface area (Å²) in [7, 11) is 0. The summed E-state index contributed by atoms with van der Waals surface area (Å²) in [6, 6.07) is 9.23. The predicted octanol–water partition coefficient (Wildman–Crippen LogP) is 3.74. The highest BCUT2D eigenvalue weighted by molar-refractivity contribution is 5.92. The summed E-state index contributed by atoms with van der Waals surface area (Å²) in [5.74, 6) is 0.242. The molecule has 0 radical (unpaired) electrons. The van der Waals surface area contributed by atoms with Crippen LogP contribution in [0.5, 0.6) is 0 Å². The van der Waals surface area contributed by atoms with Crippen molar-refractivity contribution in [1.82, 2.24) is 25.4 Å². The van der Waals surface area contributed by atoms with E-state index in [2.05, 4.69) is 25.4 Å². The summed E-state index contributed by atoms with van der Waals surface area (Å²) >= 11 is 0. The lowest BCUT2D eigenvalue weighted by Crippen LogP contribution is -2.20. The van der Waals surface area contributed by atoms with E-state index in [-0.39, 0.29) is 11.3 Å². The van der Waals surface area contributed by atoms with E-state index >= 15 is 0 Å². The number of hydrogen-bond acceptors (Lipinski definition) is 4. The van der Waals surface area contributed by atoms with E-state index in [1.165, 1.54) is 18.2 Å². The molecule has 1 aliphatic carbocycles. The highest BCUT2D eigenvalue weighted by Crippen LogP contribution is 2.41. The molecular weight excluding hydrogens is 362 g/mol. The quantitative estimate of drug-likeness (QED) is 0.504. The fraction of sp³-hybridized carbons (Fsp3) is 0.150. The Morgan fingerprint density at radius 1 is 1.00 bits per heavy atom. The van der Waals surface area contributed by atoms with E-state index in [1.54, 1.807) is 30.4 Å². The first-order valence-corrected chi connectivity index (χ1v) is 8.85. The molecule has 0 atom stereocenters. The maximum absolute atomic E-state index is 14.6. The highest BCUT2D eigenvalue weighted by atomic mass is 19.1. The molecule has 0 unspecified atom stereocenters. The minimum atomic E-state index is -0.467. The van der Waals surface area contributed by atoms with E-state index in [9.17, 15) is 8.78 Å². The molecule has 28 heavy (non-hydrogen) atoms. The monoisotopic (exact) mass is 378 g/mol. The molecule has 2 aromatic heterocycles. The van der Waals surface area contributed by atoms with Gasteiger partial charge in [-0.3, -0.25) is 10.2 Å². The summed E-state index contributed by atoms with van der Waals surface area (Å²) in [6.07, 6.45) is 5.28. The molecule has 0 bridgehead atoms. The van der Waals surface area contributed by atoms with Crippen LogP contribution in [0.2, 0.25) is 0 Å². The summed E-state index contributed by atoms with van der Waals surface area (Å²) in [5, 5.41) is 14.5. The molecule has 8 heteroatoms. The van der Waals surface area contributed by atoms with Crippen molar-refractivity contribution in [3.63, 3.8) is 0 Å². The lowest BCUT2D eigenvalue weighted by Gasteiger charge is -2.01. The molecule has 2 aromatic carbocycles. The fourth-order valence-electron chi connectivity index (χ4n) is 3.09. The topological polar surface area (TPSA) is 96.3 Å². The molecule has 1 aliphatic rings. The molecule has 5 rings (SSSR count). The second-order valence-electron chi connectivity index (χ2n) is 7.04. The number of H-pyrrole nitrogens is 2. The van der Waals surface area contributed by atoms with E-state index in [1.807, 2.05) is 0 Å². The Hall–Kier alpha value is -3.39. The van der Waals surface area contributed by atoms with Crippen LogP contribution >= 0.6 is 0 Å². The first-order valence-electron chi connectivity index (χ1n) is 8.85. The largest absolute Gasteiger partial charge is 0.319 e. The lowest BCUT2D eigenvalue weighted by atomic mass is 10.1. The highest BCUT2D eigenvalue weighted by Gasteiger charge is 2.43. The smallest absolute Gasteiger partial charge is 0.181 e. The van der Waals surface area contributed by atoms with Crippen molar-refractivity contribution < 1.29 is 8.78 Å². The number of aromatic amines is 2. The van der Waals surface area contributed by atoms with Crippen LogP contribution in [0.4, 0.5) is 8.78 Å². The van der Waals surface area contributed by atoms with Gasteiger partial charge in [-0.25, -0.2) is 13.8 Å². The van der Waals surface area contributed by atoms with Gasteiger partial charge in [-0.05, 0) is 48.7 Å². The zero-order chi connectivity index (χ0) is 19.3. The second-order valence-corrected chi connectivity index (χ2v) is 7.04. The number of benzene rings is 2. The Morgan fingerprint density at radius 2 is 1.79 bits per heavy atom. The zero-order valence-corrected chi connectivity index (χ0v) is 14.7. The Labute approximate surface area is 158 Å². The van der Waals surface area contributed by atoms with Gasteiger partial charge in [0.2, 0.25) is 0 Å². The first-order chi connectivity index (χ1) is 13.5. The molecule has 0 aliphatic heterocycles. The fourth-order valence-corrected chi connectivity index (χ4v) is 3.09. The third-order valence-electron chi connectivity index (χ3n) is 4.96. The molecule has 0 spiro atoms. The van der Waals surface area contributed by atoms with Crippen LogP contribution in [0.3, 0.4) is 0 Å².